The van der Waals surface area contributed by atoms with E-state index in [0.29, 0.717) is 0 Å². The first kappa shape index (κ1) is 11.1. The molecular weight excluding hydrogens is 220 g/mol. The molecule has 4 nitrogen and oxygen atoms in total. The molecule has 2 heterocycles. The number of anilines is 1. The van der Waals surface area contributed by atoms with Crippen molar-refractivity contribution in [3.8, 4) is 11.3 Å². The average molecular weight is 236 g/mol. The summed E-state index contributed by atoms with van der Waals surface area (Å²) in [7, 11) is 1.92. The van der Waals surface area contributed by atoms with Crippen LogP contribution in [0, 0.1) is 6.92 Å². The number of thiazole rings is 1. The monoisotopic (exact) mass is 236 g/mol. The predicted octanol–water partition coefficient (Wildman–Crippen LogP) is 2.39. The molecule has 2 aromatic heterocycles. The van der Waals surface area contributed by atoms with Gasteiger partial charge in [0.25, 0.3) is 0 Å². The first-order chi connectivity index (χ1) is 7.63. The molecule has 2 N–H and O–H groups in total. The molecule has 0 saturated carbocycles. The minimum Gasteiger partial charge on any atom is -0.389 e. The van der Waals surface area contributed by atoms with E-state index >= 15 is 0 Å². The maximum Gasteiger partial charge on any atom is 0.114 e. The molecule has 0 amide bonds. The topological polar surface area (TPSA) is 56.7 Å². The first-order valence-corrected chi connectivity index (χ1v) is 6.19. The van der Waals surface area contributed by atoms with E-state index in [2.05, 4.69) is 17.0 Å². The fraction of sp³-hybridized carbons (Fsp3) is 0.455. The van der Waals surface area contributed by atoms with Crippen molar-refractivity contribution in [3.05, 3.63) is 16.9 Å². The molecule has 0 aliphatic heterocycles. The number of aromatic nitrogens is 3. The molecule has 0 atom stereocenters. The van der Waals surface area contributed by atoms with Gasteiger partial charge in [-0.2, -0.15) is 5.10 Å². The number of hydrogen-bond acceptors (Lipinski definition) is 4. The molecule has 0 fully saturated rings. The predicted molar refractivity (Wildman–Crippen MR) is 67.5 cm³/mol. The third-order valence-electron chi connectivity index (χ3n) is 2.65. The van der Waals surface area contributed by atoms with Crippen molar-refractivity contribution in [1.29, 1.82) is 0 Å². The molecular formula is C11H16N4S. The van der Waals surface area contributed by atoms with Crippen LogP contribution in [0.1, 0.15) is 24.0 Å². The van der Waals surface area contributed by atoms with Crippen LogP contribution in [0.5, 0.6) is 0 Å². The number of nitrogens with two attached hydrogens (primary N) is 1. The Balaban J connectivity index is 2.44. The van der Waals surface area contributed by atoms with Gasteiger partial charge in [-0.15, -0.1) is 11.3 Å². The summed E-state index contributed by atoms with van der Waals surface area (Å²) in [4.78, 5) is 4.58. The summed E-state index contributed by atoms with van der Waals surface area (Å²) in [6, 6.07) is 0. The van der Waals surface area contributed by atoms with E-state index in [1.165, 1.54) is 0 Å². The van der Waals surface area contributed by atoms with Gasteiger partial charge in [-0.3, -0.25) is 4.68 Å². The zero-order valence-electron chi connectivity index (χ0n) is 9.82. The third kappa shape index (κ3) is 1.82. The highest BCUT2D eigenvalue weighted by atomic mass is 32.1. The highest BCUT2D eigenvalue weighted by Gasteiger charge is 2.14. The molecule has 86 valence electrons. The van der Waals surface area contributed by atoms with Crippen molar-refractivity contribution in [1.82, 2.24) is 14.8 Å². The molecule has 0 spiro atoms. The van der Waals surface area contributed by atoms with Crippen molar-refractivity contribution in [2.75, 3.05) is 5.73 Å². The van der Waals surface area contributed by atoms with E-state index in [4.69, 9.17) is 5.73 Å². The van der Waals surface area contributed by atoms with Gasteiger partial charge in [0.1, 0.15) is 10.7 Å². The van der Waals surface area contributed by atoms with Crippen molar-refractivity contribution in [2.24, 2.45) is 7.05 Å². The minimum atomic E-state index is 0.791. The smallest absolute Gasteiger partial charge is 0.114 e. The minimum absolute atomic E-state index is 0.791. The molecule has 0 saturated heterocycles. The highest BCUT2D eigenvalue weighted by molar-refractivity contribution is 7.16. The van der Waals surface area contributed by atoms with E-state index < -0.39 is 0 Å². The van der Waals surface area contributed by atoms with Gasteiger partial charge >= 0.3 is 0 Å². The summed E-state index contributed by atoms with van der Waals surface area (Å²) in [5, 5.41) is 6.12. The van der Waals surface area contributed by atoms with Gasteiger partial charge < -0.3 is 5.73 Å². The third-order valence-corrected chi connectivity index (χ3v) is 3.60. The molecule has 0 aliphatic rings. The Morgan fingerprint density at radius 3 is 2.81 bits per heavy atom. The molecule has 0 bridgehead atoms. The molecule has 0 radical (unpaired) electrons. The summed E-state index contributed by atoms with van der Waals surface area (Å²) >= 11 is 1.58. The summed E-state index contributed by atoms with van der Waals surface area (Å²) < 4.78 is 1.84. The second-order valence-electron chi connectivity index (χ2n) is 3.84. The Kier molecular flexibility index (Phi) is 2.96. The van der Waals surface area contributed by atoms with Crippen LogP contribution in [-0.4, -0.2) is 14.8 Å². The van der Waals surface area contributed by atoms with Crippen LogP contribution in [0.25, 0.3) is 11.3 Å². The lowest BCUT2D eigenvalue weighted by Crippen LogP contribution is -1.93. The van der Waals surface area contributed by atoms with Gasteiger partial charge in [-0.1, -0.05) is 6.92 Å². The van der Waals surface area contributed by atoms with E-state index in [-0.39, 0.29) is 0 Å². The number of nitrogen functional groups attached to an aromatic ring is 1. The number of aryl methyl sites for hydroxylation is 2. The molecule has 0 aromatic carbocycles. The van der Waals surface area contributed by atoms with Crippen molar-refractivity contribution < 1.29 is 0 Å². The van der Waals surface area contributed by atoms with Gasteiger partial charge in [-0.05, 0) is 19.8 Å². The van der Waals surface area contributed by atoms with Crippen LogP contribution in [-0.2, 0) is 13.5 Å². The maximum absolute atomic E-state index is 6.00. The van der Waals surface area contributed by atoms with Gasteiger partial charge in [0.15, 0.2) is 0 Å². The van der Waals surface area contributed by atoms with E-state index in [1.54, 1.807) is 11.3 Å². The lowest BCUT2D eigenvalue weighted by atomic mass is 10.2. The zero-order chi connectivity index (χ0) is 11.7. The lowest BCUT2D eigenvalue weighted by molar-refractivity contribution is 0.740. The fourth-order valence-electron chi connectivity index (χ4n) is 1.62. The molecule has 2 rings (SSSR count). The number of hydrogen-bond donors (Lipinski definition) is 1. The van der Waals surface area contributed by atoms with Crippen molar-refractivity contribution in [3.63, 3.8) is 0 Å². The Morgan fingerprint density at radius 1 is 1.50 bits per heavy atom. The molecule has 16 heavy (non-hydrogen) atoms. The lowest BCUT2D eigenvalue weighted by Gasteiger charge is -1.97. The second-order valence-corrected chi connectivity index (χ2v) is 4.95. The number of nitrogens with zero attached hydrogens (tertiary/aromatic N) is 3. The van der Waals surface area contributed by atoms with Crippen molar-refractivity contribution in [2.45, 2.75) is 26.7 Å². The largest absolute Gasteiger partial charge is 0.389 e. The standard InChI is InChI=1S/C11H16N4S/c1-4-5-9-14-10(11(12)16-9)8-6-13-15(3)7(8)2/h6H,4-5,12H2,1-3H3. The van der Waals surface area contributed by atoms with Gasteiger partial charge in [0.05, 0.1) is 11.2 Å². The second kappa shape index (κ2) is 4.25. The Morgan fingerprint density at radius 2 is 2.25 bits per heavy atom. The highest BCUT2D eigenvalue weighted by Crippen LogP contribution is 2.32. The van der Waals surface area contributed by atoms with Gasteiger partial charge in [0, 0.05) is 18.3 Å². The SMILES string of the molecule is CCCc1nc(-c2cnn(C)c2C)c(N)s1. The summed E-state index contributed by atoms with van der Waals surface area (Å²) in [5.74, 6) is 0. The van der Waals surface area contributed by atoms with Crippen molar-refractivity contribution >= 4 is 16.3 Å². The van der Waals surface area contributed by atoms with Crippen LogP contribution in [0.4, 0.5) is 5.00 Å². The quantitative estimate of drug-likeness (QED) is 0.890. The summed E-state index contributed by atoms with van der Waals surface area (Å²) in [6.45, 7) is 4.17. The molecule has 5 heteroatoms. The van der Waals surface area contributed by atoms with Crippen LogP contribution in [0.15, 0.2) is 6.20 Å². The maximum atomic E-state index is 6.00. The summed E-state index contributed by atoms with van der Waals surface area (Å²) in [5.41, 5.74) is 9.03. The van der Waals surface area contributed by atoms with Gasteiger partial charge in [-0.25, -0.2) is 4.98 Å². The van der Waals surface area contributed by atoms with Crippen LogP contribution in [0.2, 0.25) is 0 Å². The van der Waals surface area contributed by atoms with Crippen LogP contribution in [0.3, 0.4) is 0 Å². The van der Waals surface area contributed by atoms with E-state index in [9.17, 15) is 0 Å². The number of rotatable bonds is 3. The Labute approximate surface area is 99.1 Å². The molecule has 2 aromatic rings. The van der Waals surface area contributed by atoms with Gasteiger partial charge in [0.2, 0.25) is 0 Å². The van der Waals surface area contributed by atoms with E-state index in [0.717, 1.165) is 39.8 Å². The fourth-order valence-corrected chi connectivity index (χ4v) is 2.57. The first-order valence-electron chi connectivity index (χ1n) is 5.37. The van der Waals surface area contributed by atoms with E-state index in [1.807, 2.05) is 24.9 Å². The average Bonchev–Trinajstić information content (AvgIpc) is 2.74. The summed E-state index contributed by atoms with van der Waals surface area (Å²) in [6.07, 6.45) is 3.92. The Bertz CT molecular complexity index is 498. The molecule has 0 unspecified atom stereocenters. The van der Waals surface area contributed by atoms with Crippen LogP contribution < -0.4 is 5.73 Å². The normalized spacial score (nSPS) is 10.9. The molecule has 0 aliphatic carbocycles. The zero-order valence-corrected chi connectivity index (χ0v) is 10.6. The Hall–Kier alpha value is -1.36. The van der Waals surface area contributed by atoms with Crippen LogP contribution >= 0.6 is 11.3 Å².